The summed E-state index contributed by atoms with van der Waals surface area (Å²) in [4.78, 5) is 21.2. The number of halogens is 3. The fourth-order valence-electron chi connectivity index (χ4n) is 3.86. The van der Waals surface area contributed by atoms with Crippen molar-refractivity contribution in [2.24, 2.45) is 5.92 Å². The lowest BCUT2D eigenvalue weighted by molar-refractivity contribution is -0.183. The average Bonchev–Trinajstić information content (AvgIpc) is 3.20. The number of hydrogen-bond acceptors (Lipinski definition) is 5. The third-order valence-electron chi connectivity index (χ3n) is 5.29. The Kier molecular flexibility index (Phi) is 5.16. The topological polar surface area (TPSA) is 73.1 Å². The van der Waals surface area contributed by atoms with Gasteiger partial charge in [-0.1, -0.05) is 6.07 Å². The van der Waals surface area contributed by atoms with Crippen molar-refractivity contribution in [1.29, 1.82) is 0 Å². The highest BCUT2D eigenvalue weighted by Gasteiger charge is 2.43. The van der Waals surface area contributed by atoms with Gasteiger partial charge < -0.3 is 15.2 Å². The molecule has 0 bridgehead atoms. The second-order valence-corrected chi connectivity index (χ2v) is 7.25. The Morgan fingerprint density at radius 1 is 1.34 bits per heavy atom. The zero-order valence-electron chi connectivity index (χ0n) is 15.2. The molecular formula is C19H18F3N5OS. The molecule has 4 rings (SSSR count). The maximum Gasteiger partial charge on any atom is 0.391 e. The first-order chi connectivity index (χ1) is 13.9. The first-order valence-electron chi connectivity index (χ1n) is 9.13. The van der Waals surface area contributed by atoms with Crippen molar-refractivity contribution in [3.63, 3.8) is 0 Å². The largest absolute Gasteiger partial charge is 0.391 e. The number of fused-ring (bicyclic) bond motifs is 1. The summed E-state index contributed by atoms with van der Waals surface area (Å²) in [6, 6.07) is 4.81. The van der Waals surface area contributed by atoms with Gasteiger partial charge in [-0.05, 0) is 54.3 Å². The fourth-order valence-corrected chi connectivity index (χ4v) is 4.02. The lowest BCUT2D eigenvalue weighted by Crippen LogP contribution is -2.42. The Morgan fingerprint density at radius 2 is 2.17 bits per heavy atom. The highest BCUT2D eigenvalue weighted by atomic mass is 32.1. The predicted molar refractivity (Wildman–Crippen MR) is 104 cm³/mol. The van der Waals surface area contributed by atoms with Crippen LogP contribution in [0.25, 0.3) is 0 Å². The lowest BCUT2D eigenvalue weighted by atomic mass is 9.89. The summed E-state index contributed by atoms with van der Waals surface area (Å²) in [6.45, 7) is 0.555. The quantitative estimate of drug-likeness (QED) is 0.664. The molecule has 10 heteroatoms. The van der Waals surface area contributed by atoms with Crippen molar-refractivity contribution in [3.8, 4) is 0 Å². The van der Waals surface area contributed by atoms with E-state index in [1.807, 2.05) is 6.07 Å². The van der Waals surface area contributed by atoms with Crippen LogP contribution in [-0.4, -0.2) is 33.6 Å². The molecule has 2 atom stereocenters. The fraction of sp³-hybridized carbons (Fsp3) is 0.368. The number of rotatable bonds is 3. The Balaban J connectivity index is 1.65. The van der Waals surface area contributed by atoms with Gasteiger partial charge in [0, 0.05) is 12.4 Å². The minimum Gasteiger partial charge on any atom is -0.355 e. The summed E-state index contributed by atoms with van der Waals surface area (Å²) in [7, 11) is 0. The van der Waals surface area contributed by atoms with Crippen molar-refractivity contribution < 1.29 is 18.0 Å². The first kappa shape index (κ1) is 19.6. The number of H-pyrrole nitrogens is 1. The smallest absolute Gasteiger partial charge is 0.355 e. The first-order valence-corrected chi connectivity index (χ1v) is 9.54. The van der Waals surface area contributed by atoms with Gasteiger partial charge in [0.05, 0.1) is 29.9 Å². The van der Waals surface area contributed by atoms with E-state index in [0.717, 1.165) is 5.56 Å². The Hall–Kier alpha value is -2.68. The summed E-state index contributed by atoms with van der Waals surface area (Å²) in [5.74, 6) is -1.36. The van der Waals surface area contributed by atoms with Crippen LogP contribution in [-0.2, 0) is 6.54 Å². The van der Waals surface area contributed by atoms with Gasteiger partial charge in [-0.25, -0.2) is 0 Å². The van der Waals surface area contributed by atoms with E-state index in [1.165, 1.54) is 0 Å². The second kappa shape index (κ2) is 7.62. The second-order valence-electron chi connectivity index (χ2n) is 7.05. The van der Waals surface area contributed by atoms with Crippen LogP contribution in [0.5, 0.6) is 0 Å². The summed E-state index contributed by atoms with van der Waals surface area (Å²) in [5, 5.41) is 8.40. The van der Waals surface area contributed by atoms with Crippen LogP contribution < -0.4 is 15.5 Å². The number of aromatic nitrogens is 2. The van der Waals surface area contributed by atoms with Crippen molar-refractivity contribution in [2.45, 2.75) is 31.6 Å². The van der Waals surface area contributed by atoms with E-state index >= 15 is 0 Å². The monoisotopic (exact) mass is 421 g/mol. The minimum atomic E-state index is -4.22. The summed E-state index contributed by atoms with van der Waals surface area (Å²) >= 11 is 4.93. The molecule has 0 unspecified atom stereocenters. The Labute approximate surface area is 170 Å². The number of nitrogens with zero attached hydrogens (tertiary/aromatic N) is 2. The van der Waals surface area contributed by atoms with Gasteiger partial charge in [0.2, 0.25) is 0 Å². The van der Waals surface area contributed by atoms with Crippen LogP contribution in [0.4, 0.5) is 18.9 Å². The van der Waals surface area contributed by atoms with Crippen LogP contribution in [0, 0.1) is 5.92 Å². The summed E-state index contributed by atoms with van der Waals surface area (Å²) in [5.41, 5.74) is 2.33. The number of amides is 1. The van der Waals surface area contributed by atoms with E-state index in [1.54, 1.807) is 29.4 Å². The van der Waals surface area contributed by atoms with Gasteiger partial charge >= 0.3 is 6.18 Å². The number of thiocarbonyl (C=S) groups is 1. The number of aromatic amines is 1. The zero-order chi connectivity index (χ0) is 20.6. The standard InChI is InChI=1S/C19H18F3N5OS/c20-19(21,22)12-3-6-23-13(8-12)16-11(2-1-5-24-16)9-27-14-4-7-25-17(14)18(28)26-15(27)10-29/h1-2,4-5,7,12-13,23,25H,3,6,8-9H2,(H,26,28)/t12-,13+/m1/s1. The van der Waals surface area contributed by atoms with Gasteiger partial charge in [0.1, 0.15) is 5.69 Å². The molecule has 29 heavy (non-hydrogen) atoms. The molecule has 3 N–H and O–H groups in total. The molecule has 0 spiro atoms. The molecule has 2 aromatic heterocycles. The van der Waals surface area contributed by atoms with Crippen LogP contribution in [0.2, 0.25) is 0 Å². The molecule has 1 fully saturated rings. The number of pyridine rings is 1. The van der Waals surface area contributed by atoms with E-state index in [-0.39, 0.29) is 31.8 Å². The number of carbonyl (C=O) groups excluding carboxylic acids is 1. The number of piperidine rings is 1. The SMILES string of the molecule is O=C1NC(=C=S)N(Cc2cccnc2[C@@H]2C[C@H](C(F)(F)F)CCN2)c2cc[nH]c21. The third-order valence-corrected chi connectivity index (χ3v) is 5.49. The normalized spacial score (nSPS) is 22.1. The average molecular weight is 421 g/mol. The molecule has 0 aromatic carbocycles. The lowest BCUT2D eigenvalue weighted by Gasteiger charge is -2.34. The molecule has 0 radical (unpaired) electrons. The van der Waals surface area contributed by atoms with Gasteiger partial charge in [0.15, 0.2) is 5.82 Å². The molecule has 2 aliphatic heterocycles. The van der Waals surface area contributed by atoms with Crippen molar-refractivity contribution in [1.82, 2.24) is 20.6 Å². The van der Waals surface area contributed by atoms with Crippen LogP contribution in [0.3, 0.4) is 0 Å². The maximum absolute atomic E-state index is 13.2. The number of nitrogens with one attached hydrogen (secondary N) is 3. The van der Waals surface area contributed by atoms with Gasteiger partial charge in [-0.3, -0.25) is 15.1 Å². The minimum absolute atomic E-state index is 0.0600. The van der Waals surface area contributed by atoms with Crippen molar-refractivity contribution in [2.75, 3.05) is 11.4 Å². The summed E-state index contributed by atoms with van der Waals surface area (Å²) in [6.07, 6.45) is -1.00. The van der Waals surface area contributed by atoms with Gasteiger partial charge in [0.25, 0.3) is 5.91 Å². The molecule has 1 amide bonds. The molecule has 1 saturated heterocycles. The van der Waals surface area contributed by atoms with Gasteiger partial charge in [-0.2, -0.15) is 13.2 Å². The predicted octanol–water partition coefficient (Wildman–Crippen LogP) is 3.20. The molecule has 0 aliphatic carbocycles. The highest BCUT2D eigenvalue weighted by Crippen LogP contribution is 2.39. The number of carbonyl (C=O) groups is 1. The van der Waals surface area contributed by atoms with E-state index in [0.29, 0.717) is 22.9 Å². The Bertz CT molecular complexity index is 982. The molecule has 152 valence electrons. The number of hydrogen-bond donors (Lipinski definition) is 3. The summed E-state index contributed by atoms with van der Waals surface area (Å²) < 4.78 is 39.7. The molecule has 0 saturated carbocycles. The van der Waals surface area contributed by atoms with Gasteiger partial charge in [-0.15, -0.1) is 0 Å². The van der Waals surface area contributed by atoms with Crippen LogP contribution in [0.15, 0.2) is 36.4 Å². The number of anilines is 1. The molecule has 2 aromatic rings. The Morgan fingerprint density at radius 3 is 2.93 bits per heavy atom. The van der Waals surface area contributed by atoms with Crippen LogP contribution >= 0.6 is 12.2 Å². The molecule has 2 aliphatic rings. The molecular weight excluding hydrogens is 403 g/mol. The molecule has 6 nitrogen and oxygen atoms in total. The van der Waals surface area contributed by atoms with E-state index in [4.69, 9.17) is 12.2 Å². The number of alkyl halides is 3. The zero-order valence-corrected chi connectivity index (χ0v) is 16.0. The third kappa shape index (κ3) is 3.78. The van der Waals surface area contributed by atoms with Crippen LogP contribution in [0.1, 0.15) is 40.6 Å². The van der Waals surface area contributed by atoms with Crippen molar-refractivity contribution in [3.05, 3.63) is 53.4 Å². The van der Waals surface area contributed by atoms with E-state index in [2.05, 4.69) is 25.6 Å². The van der Waals surface area contributed by atoms with Crippen molar-refractivity contribution >= 4 is 28.8 Å². The molecule has 4 heterocycles. The highest BCUT2D eigenvalue weighted by molar-refractivity contribution is 7.78. The van der Waals surface area contributed by atoms with E-state index < -0.39 is 18.1 Å². The van der Waals surface area contributed by atoms with E-state index in [9.17, 15) is 18.0 Å². The maximum atomic E-state index is 13.2.